The molecule has 2 N–H and O–H groups in total. The van der Waals surface area contributed by atoms with Gasteiger partial charge in [0.15, 0.2) is 0 Å². The third kappa shape index (κ3) is 2.51. The molecule has 0 atom stereocenters. The lowest BCUT2D eigenvalue weighted by atomic mass is 10.0. The number of carbonyl (C=O) groups excluding carboxylic acids is 1. The summed E-state index contributed by atoms with van der Waals surface area (Å²) in [5.74, 6) is -0.271. The number of carbonyl (C=O) groups is 1. The minimum absolute atomic E-state index is 0.128. The minimum Gasteiger partial charge on any atom is -0.394 e. The Hall–Kier alpha value is -0.710. The molecule has 1 rings (SSSR count). The number of likely N-dealkylation sites (N-methyl/N-ethyl adjacent to an activating group) is 1. The molecule has 0 aliphatic heterocycles. The Bertz CT molecular complexity index is 382. The van der Waals surface area contributed by atoms with Gasteiger partial charge >= 0.3 is 0 Å². The maximum atomic E-state index is 12.0. The van der Waals surface area contributed by atoms with Gasteiger partial charge < -0.3 is 15.0 Å². The topological polar surface area (TPSA) is 56.3 Å². The second-order valence-electron chi connectivity index (χ2n) is 4.18. The number of aromatic nitrogens is 1. The third-order valence-electron chi connectivity index (χ3n) is 2.56. The standard InChI is InChI=1S/C10H14Cl2N2O2/c1-10(2,5-15)14(3)9(16)7-4-6(11)8(12)13-7/h4,13,15H,5H2,1-3H3. The Kier molecular flexibility index (Phi) is 3.88. The molecular formula is C10H14Cl2N2O2. The van der Waals surface area contributed by atoms with E-state index < -0.39 is 5.54 Å². The number of aliphatic hydroxyl groups is 1. The van der Waals surface area contributed by atoms with E-state index in [1.165, 1.54) is 11.0 Å². The summed E-state index contributed by atoms with van der Waals surface area (Å²) in [6, 6.07) is 1.47. The molecule has 90 valence electrons. The molecular weight excluding hydrogens is 251 g/mol. The molecule has 1 heterocycles. The molecule has 1 aromatic rings. The summed E-state index contributed by atoms with van der Waals surface area (Å²) in [6.45, 7) is 3.39. The number of amides is 1. The summed E-state index contributed by atoms with van der Waals surface area (Å²) in [5.41, 5.74) is -0.333. The first-order chi connectivity index (χ1) is 7.29. The summed E-state index contributed by atoms with van der Waals surface area (Å²) in [6.07, 6.45) is 0. The third-order valence-corrected chi connectivity index (χ3v) is 3.25. The Morgan fingerprint density at radius 3 is 2.50 bits per heavy atom. The Balaban J connectivity index is 2.94. The van der Waals surface area contributed by atoms with Gasteiger partial charge in [-0.05, 0) is 19.9 Å². The van der Waals surface area contributed by atoms with Crippen LogP contribution < -0.4 is 0 Å². The van der Waals surface area contributed by atoms with Crippen molar-refractivity contribution in [3.63, 3.8) is 0 Å². The summed E-state index contributed by atoms with van der Waals surface area (Å²) in [7, 11) is 1.61. The number of hydrogen-bond donors (Lipinski definition) is 2. The van der Waals surface area contributed by atoms with Crippen LogP contribution in [0, 0.1) is 0 Å². The van der Waals surface area contributed by atoms with Crippen molar-refractivity contribution in [2.75, 3.05) is 13.7 Å². The van der Waals surface area contributed by atoms with Crippen LogP contribution in [0.25, 0.3) is 0 Å². The van der Waals surface area contributed by atoms with Crippen molar-refractivity contribution in [2.45, 2.75) is 19.4 Å². The van der Waals surface area contributed by atoms with E-state index in [4.69, 9.17) is 28.3 Å². The molecule has 0 aromatic carbocycles. The van der Waals surface area contributed by atoms with Gasteiger partial charge in [0.25, 0.3) is 5.91 Å². The largest absolute Gasteiger partial charge is 0.394 e. The number of rotatable bonds is 3. The zero-order valence-corrected chi connectivity index (χ0v) is 10.9. The van der Waals surface area contributed by atoms with Gasteiger partial charge in [-0.25, -0.2) is 0 Å². The second kappa shape index (κ2) is 4.65. The van der Waals surface area contributed by atoms with Gasteiger partial charge in [0.05, 0.1) is 17.2 Å². The average molecular weight is 265 g/mol. The molecule has 6 heteroatoms. The molecule has 1 amide bonds. The van der Waals surface area contributed by atoms with Crippen LogP contribution >= 0.6 is 23.2 Å². The fraction of sp³-hybridized carbons (Fsp3) is 0.500. The first-order valence-electron chi connectivity index (χ1n) is 4.72. The SMILES string of the molecule is CN(C(=O)c1cc(Cl)c(Cl)[nH]1)C(C)(C)CO. The Morgan fingerprint density at radius 1 is 1.56 bits per heavy atom. The first-order valence-corrected chi connectivity index (χ1v) is 5.48. The van der Waals surface area contributed by atoms with E-state index in [9.17, 15) is 4.79 Å². The van der Waals surface area contributed by atoms with Crippen LogP contribution in [0.15, 0.2) is 6.07 Å². The number of aliphatic hydroxyl groups excluding tert-OH is 1. The highest BCUT2D eigenvalue weighted by Crippen LogP contribution is 2.24. The zero-order valence-electron chi connectivity index (χ0n) is 9.34. The van der Waals surface area contributed by atoms with E-state index >= 15 is 0 Å². The Morgan fingerprint density at radius 2 is 2.12 bits per heavy atom. The first kappa shape index (κ1) is 13.4. The van der Waals surface area contributed by atoms with Crippen molar-refractivity contribution in [3.05, 3.63) is 21.9 Å². The monoisotopic (exact) mass is 264 g/mol. The van der Waals surface area contributed by atoms with Gasteiger partial charge in [-0.3, -0.25) is 4.79 Å². The molecule has 0 aliphatic carbocycles. The van der Waals surface area contributed by atoms with Crippen LogP contribution in [0.3, 0.4) is 0 Å². The lowest BCUT2D eigenvalue weighted by Gasteiger charge is -2.33. The maximum absolute atomic E-state index is 12.0. The number of aromatic amines is 1. The van der Waals surface area contributed by atoms with Crippen LogP contribution in [0.2, 0.25) is 10.2 Å². The molecule has 0 fully saturated rings. The fourth-order valence-corrected chi connectivity index (χ4v) is 1.39. The Labute approximate surface area is 104 Å². The predicted molar refractivity (Wildman–Crippen MR) is 64.1 cm³/mol. The number of H-pyrrole nitrogens is 1. The van der Waals surface area contributed by atoms with E-state index in [0.29, 0.717) is 10.7 Å². The van der Waals surface area contributed by atoms with Crippen LogP contribution in [-0.4, -0.2) is 40.1 Å². The number of nitrogens with one attached hydrogen (secondary N) is 1. The molecule has 0 saturated heterocycles. The molecule has 0 unspecified atom stereocenters. The second-order valence-corrected chi connectivity index (χ2v) is 4.96. The van der Waals surface area contributed by atoms with Gasteiger partial charge in [-0.15, -0.1) is 0 Å². The molecule has 0 saturated carbocycles. The van der Waals surface area contributed by atoms with E-state index in [1.807, 2.05) is 0 Å². The molecule has 0 radical (unpaired) electrons. The summed E-state index contributed by atoms with van der Waals surface area (Å²) >= 11 is 11.5. The smallest absolute Gasteiger partial charge is 0.270 e. The van der Waals surface area contributed by atoms with Crippen molar-refractivity contribution < 1.29 is 9.90 Å². The van der Waals surface area contributed by atoms with Crippen molar-refractivity contribution in [1.82, 2.24) is 9.88 Å². The highest BCUT2D eigenvalue weighted by Gasteiger charge is 2.28. The van der Waals surface area contributed by atoms with Crippen molar-refractivity contribution >= 4 is 29.1 Å². The lowest BCUT2D eigenvalue weighted by molar-refractivity contribution is 0.0468. The van der Waals surface area contributed by atoms with Crippen molar-refractivity contribution in [1.29, 1.82) is 0 Å². The van der Waals surface area contributed by atoms with E-state index in [0.717, 1.165) is 0 Å². The minimum atomic E-state index is -0.638. The van der Waals surface area contributed by atoms with Crippen LogP contribution in [0.5, 0.6) is 0 Å². The van der Waals surface area contributed by atoms with Crippen molar-refractivity contribution in [3.8, 4) is 0 Å². The van der Waals surface area contributed by atoms with E-state index in [1.54, 1.807) is 20.9 Å². The van der Waals surface area contributed by atoms with E-state index in [-0.39, 0.29) is 17.7 Å². The van der Waals surface area contributed by atoms with Gasteiger partial charge in [0, 0.05) is 7.05 Å². The number of halogens is 2. The molecule has 0 bridgehead atoms. The molecule has 4 nitrogen and oxygen atoms in total. The van der Waals surface area contributed by atoms with Crippen molar-refractivity contribution in [2.24, 2.45) is 0 Å². The number of hydrogen-bond acceptors (Lipinski definition) is 2. The maximum Gasteiger partial charge on any atom is 0.270 e. The van der Waals surface area contributed by atoms with Gasteiger partial charge in [0.1, 0.15) is 10.8 Å². The molecule has 0 aliphatic rings. The molecule has 16 heavy (non-hydrogen) atoms. The molecule has 1 aromatic heterocycles. The average Bonchev–Trinajstić information content (AvgIpc) is 2.57. The zero-order chi connectivity index (χ0) is 12.5. The number of nitrogens with zero attached hydrogens (tertiary/aromatic N) is 1. The normalized spacial score (nSPS) is 11.6. The summed E-state index contributed by atoms with van der Waals surface area (Å²) < 4.78 is 0. The van der Waals surface area contributed by atoms with Crippen LogP contribution in [-0.2, 0) is 0 Å². The van der Waals surface area contributed by atoms with Gasteiger partial charge in [0.2, 0.25) is 0 Å². The van der Waals surface area contributed by atoms with Gasteiger partial charge in [-0.2, -0.15) is 0 Å². The quantitative estimate of drug-likeness (QED) is 0.879. The van der Waals surface area contributed by atoms with Gasteiger partial charge in [-0.1, -0.05) is 23.2 Å². The summed E-state index contributed by atoms with van der Waals surface area (Å²) in [5, 5.41) is 9.71. The van der Waals surface area contributed by atoms with E-state index in [2.05, 4.69) is 4.98 Å². The lowest BCUT2D eigenvalue weighted by Crippen LogP contribution is -2.47. The van der Waals surface area contributed by atoms with Crippen LogP contribution in [0.4, 0.5) is 0 Å². The van der Waals surface area contributed by atoms with Crippen LogP contribution in [0.1, 0.15) is 24.3 Å². The highest BCUT2D eigenvalue weighted by molar-refractivity contribution is 6.41. The summed E-state index contributed by atoms with van der Waals surface area (Å²) in [4.78, 5) is 16.1. The fourth-order valence-electron chi connectivity index (χ4n) is 1.08. The highest BCUT2D eigenvalue weighted by atomic mass is 35.5. The predicted octanol–water partition coefficient (Wildman–Crippen LogP) is 2.16. The molecule has 0 spiro atoms.